The highest BCUT2D eigenvalue weighted by Crippen LogP contribution is 1.86. The highest BCUT2D eigenvalue weighted by atomic mass is 16.4. The van der Waals surface area contributed by atoms with Gasteiger partial charge >= 0.3 is 5.97 Å². The molecule has 0 aromatic rings. The number of nitrogens with zero attached hydrogens (tertiary/aromatic N) is 1. The molecule has 0 aromatic carbocycles. The van der Waals surface area contributed by atoms with Crippen molar-refractivity contribution in [3.05, 3.63) is 12.2 Å². The fraction of sp³-hybridized carbons (Fsp3) is 0.667. The van der Waals surface area contributed by atoms with Gasteiger partial charge in [-0.05, 0) is 40.9 Å². The molecule has 0 saturated carbocycles. The fourth-order valence-corrected chi connectivity index (χ4v) is 0.748. The number of nitrogens with one attached hydrogen (secondary N) is 1. The van der Waals surface area contributed by atoms with Crippen molar-refractivity contribution in [1.82, 2.24) is 10.2 Å². The van der Waals surface area contributed by atoms with Crippen LogP contribution in [-0.4, -0.2) is 60.3 Å². The second kappa shape index (κ2) is 10.7. The molecule has 0 aliphatic heterocycles. The van der Waals surface area contributed by atoms with E-state index in [-0.39, 0.29) is 5.91 Å². The van der Waals surface area contributed by atoms with Crippen LogP contribution in [0.5, 0.6) is 0 Å². The molecule has 18 heavy (non-hydrogen) atoms. The number of carboxylic acids is 1. The summed E-state index contributed by atoms with van der Waals surface area (Å²) in [4.78, 5) is 22.5. The molecule has 0 fully saturated rings. The van der Waals surface area contributed by atoms with E-state index in [1.54, 1.807) is 6.92 Å². The van der Waals surface area contributed by atoms with Gasteiger partial charge in [0, 0.05) is 12.1 Å². The number of carboxylic acid groups (broad SMARTS) is 1. The summed E-state index contributed by atoms with van der Waals surface area (Å²) in [6.07, 6.45) is -0.253. The van der Waals surface area contributed by atoms with E-state index >= 15 is 0 Å². The van der Waals surface area contributed by atoms with Gasteiger partial charge in [0.05, 0.1) is 0 Å². The summed E-state index contributed by atoms with van der Waals surface area (Å²) in [6.45, 7) is 8.18. The van der Waals surface area contributed by atoms with Gasteiger partial charge in [0.1, 0.15) is 6.10 Å². The van der Waals surface area contributed by atoms with Crippen molar-refractivity contribution in [3.63, 3.8) is 0 Å². The topological polar surface area (TPSA) is 89.9 Å². The molecule has 1 atom stereocenters. The Balaban J connectivity index is 0. The van der Waals surface area contributed by atoms with Crippen LogP contribution in [0.1, 0.15) is 20.3 Å². The summed E-state index contributed by atoms with van der Waals surface area (Å²) in [7, 11) is 4.03. The third-order valence-corrected chi connectivity index (χ3v) is 1.81. The number of aliphatic carboxylic acids is 1. The average Bonchev–Trinajstić information content (AvgIpc) is 2.24. The molecule has 6 heteroatoms. The van der Waals surface area contributed by atoms with Gasteiger partial charge in [0.15, 0.2) is 0 Å². The van der Waals surface area contributed by atoms with Crippen LogP contribution >= 0.6 is 0 Å². The van der Waals surface area contributed by atoms with E-state index in [0.717, 1.165) is 19.5 Å². The monoisotopic (exact) mass is 260 g/mol. The largest absolute Gasteiger partial charge is 0.479 e. The normalized spacial score (nSPS) is 11.2. The van der Waals surface area contributed by atoms with E-state index in [9.17, 15) is 9.59 Å². The molecular weight excluding hydrogens is 236 g/mol. The molecule has 0 aliphatic carbocycles. The smallest absolute Gasteiger partial charge is 0.332 e. The van der Waals surface area contributed by atoms with E-state index in [2.05, 4.69) is 16.8 Å². The maximum atomic E-state index is 11.0. The summed E-state index contributed by atoms with van der Waals surface area (Å²) in [5, 5.41) is 18.5. The molecule has 0 aromatic heterocycles. The molecule has 6 nitrogen and oxygen atoms in total. The first-order valence-electron chi connectivity index (χ1n) is 5.67. The molecule has 0 bridgehead atoms. The molecular formula is C12H24N2O4. The maximum absolute atomic E-state index is 11.0. The lowest BCUT2D eigenvalue weighted by molar-refractivity contribution is -0.145. The summed E-state index contributed by atoms with van der Waals surface area (Å²) in [5.74, 6) is -1.23. The molecule has 0 spiro atoms. The summed E-state index contributed by atoms with van der Waals surface area (Å²) >= 11 is 0. The number of aliphatic hydroxyl groups is 1. The Bertz CT molecular complexity index is 275. The van der Waals surface area contributed by atoms with E-state index < -0.39 is 12.1 Å². The van der Waals surface area contributed by atoms with E-state index in [1.165, 1.54) is 6.92 Å². The number of hydrogen-bond donors (Lipinski definition) is 3. The number of carbonyl (C=O) groups is 2. The number of rotatable bonds is 6. The predicted molar refractivity (Wildman–Crippen MR) is 70.3 cm³/mol. The first kappa shape index (κ1) is 19.0. The van der Waals surface area contributed by atoms with Gasteiger partial charge in [0.2, 0.25) is 5.91 Å². The minimum absolute atomic E-state index is 0.0474. The zero-order valence-electron chi connectivity index (χ0n) is 11.6. The lowest BCUT2D eigenvalue weighted by Gasteiger charge is -2.09. The Morgan fingerprint density at radius 2 is 1.83 bits per heavy atom. The van der Waals surface area contributed by atoms with E-state index in [0.29, 0.717) is 5.57 Å². The fourth-order valence-electron chi connectivity index (χ4n) is 0.748. The zero-order valence-corrected chi connectivity index (χ0v) is 11.6. The minimum atomic E-state index is -1.23. The van der Waals surface area contributed by atoms with Gasteiger partial charge in [-0.25, -0.2) is 4.79 Å². The Morgan fingerprint density at radius 3 is 2.11 bits per heavy atom. The van der Waals surface area contributed by atoms with Crippen molar-refractivity contribution in [2.75, 3.05) is 27.2 Å². The summed E-state index contributed by atoms with van der Waals surface area (Å²) in [6, 6.07) is 0. The number of carbonyl (C=O) groups excluding carboxylic acids is 1. The molecule has 1 amide bonds. The number of amides is 1. The van der Waals surface area contributed by atoms with Gasteiger partial charge in [0.25, 0.3) is 0 Å². The third kappa shape index (κ3) is 14.6. The van der Waals surface area contributed by atoms with Gasteiger partial charge in [-0.3, -0.25) is 4.79 Å². The Hall–Kier alpha value is -1.40. The second-order valence-corrected chi connectivity index (χ2v) is 4.21. The molecule has 0 saturated heterocycles. The lowest BCUT2D eigenvalue weighted by atomic mass is 10.3. The van der Waals surface area contributed by atoms with E-state index in [4.69, 9.17) is 10.2 Å². The standard InChI is InChI=1S/C9H18N2O.C3H6O3/c1-8(2)9(12)10-6-5-7-11(3)4;1-2(4)3(5)6/h1,5-7H2,2-4H3,(H,10,12);2,4H,1H3,(H,5,6). The first-order chi connectivity index (χ1) is 8.18. The third-order valence-electron chi connectivity index (χ3n) is 1.81. The van der Waals surface area contributed by atoms with Crippen molar-refractivity contribution in [3.8, 4) is 0 Å². The predicted octanol–water partition coefficient (Wildman–Crippen LogP) is 0.0822. The van der Waals surface area contributed by atoms with Crippen LogP contribution in [0.4, 0.5) is 0 Å². The Labute approximate surface area is 108 Å². The van der Waals surface area contributed by atoms with Crippen LogP contribution in [0.3, 0.4) is 0 Å². The molecule has 1 unspecified atom stereocenters. The van der Waals surface area contributed by atoms with Gasteiger partial charge < -0.3 is 20.4 Å². The van der Waals surface area contributed by atoms with Crippen molar-refractivity contribution >= 4 is 11.9 Å². The molecule has 0 radical (unpaired) electrons. The van der Waals surface area contributed by atoms with Crippen LogP contribution in [0.15, 0.2) is 12.2 Å². The Kier molecular flexibility index (Phi) is 11.3. The van der Waals surface area contributed by atoms with Crippen LogP contribution < -0.4 is 5.32 Å². The zero-order chi connectivity index (χ0) is 14.7. The highest BCUT2D eigenvalue weighted by Gasteiger charge is 2.01. The van der Waals surface area contributed by atoms with Gasteiger partial charge in [-0.15, -0.1) is 0 Å². The van der Waals surface area contributed by atoms with Crippen molar-refractivity contribution < 1.29 is 19.8 Å². The average molecular weight is 260 g/mol. The van der Waals surface area contributed by atoms with Crippen LogP contribution in [0.25, 0.3) is 0 Å². The summed E-state index contributed by atoms with van der Waals surface area (Å²) in [5.41, 5.74) is 0.569. The minimum Gasteiger partial charge on any atom is -0.479 e. The molecule has 0 aliphatic rings. The SMILES string of the molecule is C=C(C)C(=O)NCCCN(C)C.CC(O)C(=O)O. The van der Waals surface area contributed by atoms with Gasteiger partial charge in [-0.1, -0.05) is 6.58 Å². The molecule has 0 heterocycles. The van der Waals surface area contributed by atoms with E-state index in [1.807, 2.05) is 14.1 Å². The van der Waals surface area contributed by atoms with Crippen LogP contribution in [-0.2, 0) is 9.59 Å². The maximum Gasteiger partial charge on any atom is 0.332 e. The van der Waals surface area contributed by atoms with Gasteiger partial charge in [-0.2, -0.15) is 0 Å². The quantitative estimate of drug-likeness (QED) is 0.465. The number of aliphatic hydroxyl groups excluding tert-OH is 1. The summed E-state index contributed by atoms with van der Waals surface area (Å²) < 4.78 is 0. The molecule has 0 rings (SSSR count). The number of hydrogen-bond acceptors (Lipinski definition) is 4. The van der Waals surface area contributed by atoms with Crippen LogP contribution in [0.2, 0.25) is 0 Å². The van der Waals surface area contributed by atoms with Crippen molar-refractivity contribution in [2.45, 2.75) is 26.4 Å². The molecule has 106 valence electrons. The lowest BCUT2D eigenvalue weighted by Crippen LogP contribution is -2.27. The van der Waals surface area contributed by atoms with Crippen molar-refractivity contribution in [2.24, 2.45) is 0 Å². The van der Waals surface area contributed by atoms with Crippen LogP contribution in [0, 0.1) is 0 Å². The second-order valence-electron chi connectivity index (χ2n) is 4.21. The highest BCUT2D eigenvalue weighted by molar-refractivity contribution is 5.91. The first-order valence-corrected chi connectivity index (χ1v) is 5.67. The van der Waals surface area contributed by atoms with Crippen molar-refractivity contribution in [1.29, 1.82) is 0 Å². The molecule has 3 N–H and O–H groups in total. The Morgan fingerprint density at radius 1 is 1.39 bits per heavy atom.